The van der Waals surface area contributed by atoms with Gasteiger partial charge >= 0.3 is 5.97 Å². The number of nitrogens with one attached hydrogen (secondary N) is 2. The molecule has 4 heteroatoms. The van der Waals surface area contributed by atoms with Crippen molar-refractivity contribution in [3.63, 3.8) is 0 Å². The van der Waals surface area contributed by atoms with Gasteiger partial charge in [0.15, 0.2) is 0 Å². The fraction of sp³-hybridized carbons (Fsp3) is 0.533. The number of carbonyl (C=O) groups is 1. The topological polar surface area (TPSA) is 61.4 Å². The highest BCUT2D eigenvalue weighted by molar-refractivity contribution is 5.73. The van der Waals surface area contributed by atoms with Crippen molar-refractivity contribution >= 4 is 11.7 Å². The number of benzene rings is 1. The third-order valence-electron chi connectivity index (χ3n) is 3.48. The predicted molar refractivity (Wildman–Crippen MR) is 76.4 cm³/mol. The average Bonchev–Trinajstić information content (AvgIpc) is 2.82. The van der Waals surface area contributed by atoms with E-state index in [2.05, 4.69) is 22.8 Å². The molecule has 1 atom stereocenters. The van der Waals surface area contributed by atoms with Gasteiger partial charge in [0.1, 0.15) is 6.04 Å². The van der Waals surface area contributed by atoms with Crippen molar-refractivity contribution in [1.29, 1.82) is 0 Å². The van der Waals surface area contributed by atoms with Crippen molar-refractivity contribution in [2.75, 3.05) is 11.9 Å². The molecule has 0 saturated carbocycles. The van der Waals surface area contributed by atoms with Gasteiger partial charge in [-0.2, -0.15) is 0 Å². The van der Waals surface area contributed by atoms with Crippen molar-refractivity contribution in [3.05, 3.63) is 29.3 Å². The van der Waals surface area contributed by atoms with Crippen molar-refractivity contribution in [3.8, 4) is 0 Å². The first-order chi connectivity index (χ1) is 9.08. The van der Waals surface area contributed by atoms with Crippen LogP contribution in [0.15, 0.2) is 18.2 Å². The minimum Gasteiger partial charge on any atom is -0.480 e. The maximum atomic E-state index is 11.2. The van der Waals surface area contributed by atoms with E-state index in [4.69, 9.17) is 0 Å². The second-order valence-corrected chi connectivity index (χ2v) is 5.53. The highest BCUT2D eigenvalue weighted by atomic mass is 16.4. The lowest BCUT2D eigenvalue weighted by Gasteiger charge is -2.17. The van der Waals surface area contributed by atoms with Crippen LogP contribution in [0.5, 0.6) is 0 Å². The zero-order chi connectivity index (χ0) is 13.8. The third kappa shape index (κ3) is 3.47. The zero-order valence-electron chi connectivity index (χ0n) is 11.6. The molecule has 0 aliphatic carbocycles. The molecule has 19 heavy (non-hydrogen) atoms. The Hall–Kier alpha value is -1.55. The normalized spacial score (nSPS) is 15.1. The van der Waals surface area contributed by atoms with Gasteiger partial charge in [0.2, 0.25) is 0 Å². The molecular weight excluding hydrogens is 240 g/mol. The number of rotatable bonds is 6. The van der Waals surface area contributed by atoms with E-state index in [0.29, 0.717) is 18.9 Å². The van der Waals surface area contributed by atoms with E-state index in [9.17, 15) is 9.90 Å². The van der Waals surface area contributed by atoms with Gasteiger partial charge in [-0.15, -0.1) is 0 Å². The second kappa shape index (κ2) is 6.06. The van der Waals surface area contributed by atoms with Gasteiger partial charge in [-0.05, 0) is 29.9 Å². The molecule has 2 rings (SSSR count). The monoisotopic (exact) mass is 262 g/mol. The number of fused-ring (bicyclic) bond motifs is 1. The Labute approximate surface area is 114 Å². The zero-order valence-corrected chi connectivity index (χ0v) is 11.6. The number of hydrogen-bond acceptors (Lipinski definition) is 3. The average molecular weight is 262 g/mol. The molecular formula is C15H22N2O2. The Morgan fingerprint density at radius 1 is 1.47 bits per heavy atom. The van der Waals surface area contributed by atoms with Gasteiger partial charge < -0.3 is 15.7 Å². The van der Waals surface area contributed by atoms with Crippen LogP contribution in [0.2, 0.25) is 0 Å². The molecule has 1 aliphatic heterocycles. The quantitative estimate of drug-likeness (QED) is 0.736. The molecule has 0 amide bonds. The van der Waals surface area contributed by atoms with Crippen LogP contribution in [0.25, 0.3) is 0 Å². The largest absolute Gasteiger partial charge is 0.480 e. The summed E-state index contributed by atoms with van der Waals surface area (Å²) in [5.41, 5.74) is 3.67. The fourth-order valence-corrected chi connectivity index (χ4v) is 2.53. The van der Waals surface area contributed by atoms with Gasteiger partial charge in [-0.25, -0.2) is 0 Å². The van der Waals surface area contributed by atoms with E-state index in [1.807, 2.05) is 19.9 Å². The number of hydrogen-bond donors (Lipinski definition) is 3. The first-order valence-electron chi connectivity index (χ1n) is 6.88. The number of carboxylic acid groups (broad SMARTS) is 1. The Bertz CT molecular complexity index is 457. The fourth-order valence-electron chi connectivity index (χ4n) is 2.53. The summed E-state index contributed by atoms with van der Waals surface area (Å²) in [7, 11) is 0. The van der Waals surface area contributed by atoms with E-state index < -0.39 is 12.0 Å². The summed E-state index contributed by atoms with van der Waals surface area (Å²) in [5, 5.41) is 15.7. The third-order valence-corrected chi connectivity index (χ3v) is 3.48. The van der Waals surface area contributed by atoms with Gasteiger partial charge in [-0.3, -0.25) is 4.79 Å². The van der Waals surface area contributed by atoms with Crippen LogP contribution in [0, 0.1) is 5.92 Å². The Balaban J connectivity index is 2.01. The van der Waals surface area contributed by atoms with Crippen LogP contribution >= 0.6 is 0 Å². The molecule has 0 saturated heterocycles. The predicted octanol–water partition coefficient (Wildman–Crippen LogP) is 2.24. The molecule has 4 nitrogen and oxygen atoms in total. The molecule has 0 aromatic heterocycles. The smallest absolute Gasteiger partial charge is 0.320 e. The van der Waals surface area contributed by atoms with E-state index in [-0.39, 0.29) is 0 Å². The lowest BCUT2D eigenvalue weighted by molar-refractivity contribution is -0.140. The molecule has 3 N–H and O–H groups in total. The Morgan fingerprint density at radius 3 is 2.95 bits per heavy atom. The maximum absolute atomic E-state index is 11.2. The summed E-state index contributed by atoms with van der Waals surface area (Å²) < 4.78 is 0. The second-order valence-electron chi connectivity index (χ2n) is 5.53. The van der Waals surface area contributed by atoms with Crippen molar-refractivity contribution in [1.82, 2.24) is 5.32 Å². The minimum absolute atomic E-state index is 0.369. The first kappa shape index (κ1) is 13.9. The highest BCUT2D eigenvalue weighted by Crippen LogP contribution is 2.26. The van der Waals surface area contributed by atoms with Crippen LogP contribution in [-0.2, 0) is 17.8 Å². The van der Waals surface area contributed by atoms with Gasteiger partial charge in [-0.1, -0.05) is 32.0 Å². The van der Waals surface area contributed by atoms with E-state index in [0.717, 1.165) is 18.5 Å². The van der Waals surface area contributed by atoms with Crippen molar-refractivity contribution < 1.29 is 9.90 Å². The van der Waals surface area contributed by atoms with Gasteiger partial charge in [0.05, 0.1) is 0 Å². The van der Waals surface area contributed by atoms with E-state index in [1.54, 1.807) is 0 Å². The molecule has 1 aromatic carbocycles. The number of anilines is 1. The summed E-state index contributed by atoms with van der Waals surface area (Å²) >= 11 is 0. The summed E-state index contributed by atoms with van der Waals surface area (Å²) in [6, 6.07) is 5.75. The van der Waals surface area contributed by atoms with Crippen LogP contribution in [0.1, 0.15) is 31.4 Å². The highest BCUT2D eigenvalue weighted by Gasteiger charge is 2.19. The standard InChI is InChI=1S/C15H22N2O2/c1-10(2)8-13(15(18)19)17-9-12-5-3-4-11-6-7-16-14(11)12/h3-5,10,13,16-17H,6-9H2,1-2H3,(H,18,19). The SMILES string of the molecule is CC(C)CC(NCc1cccc2c1NCC2)C(=O)O. The molecule has 0 radical (unpaired) electrons. The lowest BCUT2D eigenvalue weighted by Crippen LogP contribution is -2.37. The molecule has 0 bridgehead atoms. The summed E-state index contributed by atoms with van der Waals surface area (Å²) in [5.74, 6) is -0.401. The van der Waals surface area contributed by atoms with Crippen LogP contribution < -0.4 is 10.6 Å². The Morgan fingerprint density at radius 2 is 2.26 bits per heavy atom. The van der Waals surface area contributed by atoms with E-state index >= 15 is 0 Å². The molecule has 104 valence electrons. The van der Waals surface area contributed by atoms with Crippen LogP contribution in [0.3, 0.4) is 0 Å². The minimum atomic E-state index is -0.769. The van der Waals surface area contributed by atoms with Crippen LogP contribution in [0.4, 0.5) is 5.69 Å². The van der Waals surface area contributed by atoms with Gasteiger partial charge in [0, 0.05) is 18.8 Å². The Kier molecular flexibility index (Phi) is 4.43. The lowest BCUT2D eigenvalue weighted by atomic mass is 10.0. The molecule has 1 heterocycles. The molecule has 0 fully saturated rings. The maximum Gasteiger partial charge on any atom is 0.320 e. The number of para-hydroxylation sites is 1. The molecule has 0 spiro atoms. The van der Waals surface area contributed by atoms with Crippen molar-refractivity contribution in [2.24, 2.45) is 5.92 Å². The molecule has 1 aliphatic rings. The molecule has 1 aromatic rings. The summed E-state index contributed by atoms with van der Waals surface area (Å²) in [4.78, 5) is 11.2. The van der Waals surface area contributed by atoms with Crippen LogP contribution in [-0.4, -0.2) is 23.7 Å². The van der Waals surface area contributed by atoms with E-state index in [1.165, 1.54) is 11.3 Å². The van der Waals surface area contributed by atoms with Crippen molar-refractivity contribution in [2.45, 2.75) is 39.3 Å². The summed E-state index contributed by atoms with van der Waals surface area (Å²) in [6.07, 6.45) is 1.70. The number of carboxylic acids is 1. The van der Waals surface area contributed by atoms with Gasteiger partial charge in [0.25, 0.3) is 0 Å². The first-order valence-corrected chi connectivity index (χ1v) is 6.88. The summed E-state index contributed by atoms with van der Waals surface area (Å²) in [6.45, 7) is 5.65. The molecule has 1 unspecified atom stereocenters. The number of aliphatic carboxylic acids is 1.